The van der Waals surface area contributed by atoms with Crippen molar-refractivity contribution in [3.8, 4) is 17.2 Å². The lowest BCUT2D eigenvalue weighted by Gasteiger charge is -2.14. The first kappa shape index (κ1) is 13.4. The highest BCUT2D eigenvalue weighted by molar-refractivity contribution is 5.66. The summed E-state index contributed by atoms with van der Waals surface area (Å²) in [5, 5.41) is 8.83. The summed E-state index contributed by atoms with van der Waals surface area (Å²) in [6.45, 7) is 6.66. The van der Waals surface area contributed by atoms with Gasteiger partial charge in [-0.05, 0) is 46.7 Å². The molecular weight excluding hydrogens is 230 g/mol. The van der Waals surface area contributed by atoms with Gasteiger partial charge in [0.2, 0.25) is 0 Å². The summed E-state index contributed by atoms with van der Waals surface area (Å²) in [7, 11) is 0. The largest absolute Gasteiger partial charge is 0.192 e. The second kappa shape index (κ2) is 5.71. The molecule has 0 amide bonds. The number of aryl methyl sites for hydroxylation is 1. The fourth-order valence-electron chi connectivity index (χ4n) is 2.37. The Hall–Kier alpha value is -2.07. The number of hydrogen-bond donors (Lipinski definition) is 0. The Labute approximate surface area is 115 Å². The Morgan fingerprint density at radius 2 is 1.63 bits per heavy atom. The van der Waals surface area contributed by atoms with Gasteiger partial charge in [-0.1, -0.05) is 51.1 Å². The summed E-state index contributed by atoms with van der Waals surface area (Å²) in [5.74, 6) is 0.535. The van der Waals surface area contributed by atoms with Crippen LogP contribution in [-0.4, -0.2) is 0 Å². The minimum Gasteiger partial charge on any atom is -0.192 e. The van der Waals surface area contributed by atoms with Crippen molar-refractivity contribution in [3.63, 3.8) is 0 Å². The summed E-state index contributed by atoms with van der Waals surface area (Å²) >= 11 is 0. The third-order valence-corrected chi connectivity index (χ3v) is 3.50. The van der Waals surface area contributed by atoms with Crippen LogP contribution in [0.2, 0.25) is 0 Å². The Morgan fingerprint density at radius 1 is 1.00 bits per heavy atom. The van der Waals surface area contributed by atoms with Gasteiger partial charge in [-0.2, -0.15) is 5.26 Å². The van der Waals surface area contributed by atoms with Crippen molar-refractivity contribution in [2.24, 2.45) is 0 Å². The monoisotopic (exact) mass is 249 g/mol. The molecule has 0 fully saturated rings. The minimum absolute atomic E-state index is 0.535. The standard InChI is InChI=1S/C18H19N/c1-4-15-9-10-17(11-18(15)13(2)3)16-7-5-14(12-19)6-8-16/h5-11,13H,4H2,1-3H3. The van der Waals surface area contributed by atoms with Gasteiger partial charge < -0.3 is 0 Å². The molecule has 0 aliphatic heterocycles. The van der Waals surface area contributed by atoms with E-state index in [0.717, 1.165) is 6.42 Å². The first-order valence-corrected chi connectivity index (χ1v) is 6.79. The lowest BCUT2D eigenvalue weighted by molar-refractivity contribution is 0.845. The Balaban J connectivity index is 2.45. The van der Waals surface area contributed by atoms with Crippen molar-refractivity contribution in [3.05, 3.63) is 59.2 Å². The van der Waals surface area contributed by atoms with E-state index < -0.39 is 0 Å². The van der Waals surface area contributed by atoms with Crippen LogP contribution in [-0.2, 0) is 6.42 Å². The average molecular weight is 249 g/mol. The van der Waals surface area contributed by atoms with Crippen molar-refractivity contribution in [1.29, 1.82) is 5.26 Å². The summed E-state index contributed by atoms with van der Waals surface area (Å²) in [6, 6.07) is 16.6. The van der Waals surface area contributed by atoms with Crippen molar-refractivity contribution in [2.45, 2.75) is 33.1 Å². The van der Waals surface area contributed by atoms with Crippen LogP contribution in [0.4, 0.5) is 0 Å². The maximum absolute atomic E-state index is 8.83. The molecule has 0 aliphatic carbocycles. The van der Waals surface area contributed by atoms with Crippen LogP contribution < -0.4 is 0 Å². The number of nitriles is 1. The maximum Gasteiger partial charge on any atom is 0.0991 e. The molecule has 0 heterocycles. The SMILES string of the molecule is CCc1ccc(-c2ccc(C#N)cc2)cc1C(C)C. The molecule has 0 atom stereocenters. The fourth-order valence-corrected chi connectivity index (χ4v) is 2.37. The lowest BCUT2D eigenvalue weighted by atomic mass is 9.91. The second-order valence-corrected chi connectivity index (χ2v) is 5.11. The number of rotatable bonds is 3. The number of nitrogens with zero attached hydrogens (tertiary/aromatic N) is 1. The van der Waals surface area contributed by atoms with Gasteiger partial charge >= 0.3 is 0 Å². The van der Waals surface area contributed by atoms with E-state index in [9.17, 15) is 0 Å². The van der Waals surface area contributed by atoms with Crippen LogP contribution in [0, 0.1) is 11.3 Å². The van der Waals surface area contributed by atoms with Gasteiger partial charge in [0.15, 0.2) is 0 Å². The molecular formula is C18H19N. The normalized spacial score (nSPS) is 10.5. The van der Waals surface area contributed by atoms with E-state index in [0.29, 0.717) is 11.5 Å². The molecule has 96 valence electrons. The van der Waals surface area contributed by atoms with Gasteiger partial charge in [0.1, 0.15) is 0 Å². The maximum atomic E-state index is 8.83. The third-order valence-electron chi connectivity index (χ3n) is 3.50. The molecule has 0 saturated heterocycles. The zero-order chi connectivity index (χ0) is 13.8. The van der Waals surface area contributed by atoms with E-state index in [2.05, 4.69) is 45.0 Å². The molecule has 0 spiro atoms. The van der Waals surface area contributed by atoms with Crippen LogP contribution in [0.3, 0.4) is 0 Å². The van der Waals surface area contributed by atoms with Crippen molar-refractivity contribution >= 4 is 0 Å². The topological polar surface area (TPSA) is 23.8 Å². The second-order valence-electron chi connectivity index (χ2n) is 5.11. The first-order chi connectivity index (χ1) is 9.15. The quantitative estimate of drug-likeness (QED) is 0.758. The highest BCUT2D eigenvalue weighted by Crippen LogP contribution is 2.27. The zero-order valence-corrected chi connectivity index (χ0v) is 11.8. The van der Waals surface area contributed by atoms with Gasteiger partial charge in [0.25, 0.3) is 0 Å². The summed E-state index contributed by atoms with van der Waals surface area (Å²) in [4.78, 5) is 0. The van der Waals surface area contributed by atoms with Gasteiger partial charge in [0, 0.05) is 0 Å². The minimum atomic E-state index is 0.535. The Morgan fingerprint density at radius 3 is 2.16 bits per heavy atom. The molecule has 1 heteroatoms. The average Bonchev–Trinajstić information content (AvgIpc) is 2.46. The molecule has 2 aromatic rings. The molecule has 0 aliphatic rings. The van der Waals surface area contributed by atoms with Crippen LogP contribution in [0.1, 0.15) is 43.4 Å². The van der Waals surface area contributed by atoms with Crippen LogP contribution in [0.25, 0.3) is 11.1 Å². The van der Waals surface area contributed by atoms with E-state index in [4.69, 9.17) is 5.26 Å². The van der Waals surface area contributed by atoms with Crippen LogP contribution in [0.5, 0.6) is 0 Å². The smallest absolute Gasteiger partial charge is 0.0991 e. The molecule has 2 rings (SSSR count). The highest BCUT2D eigenvalue weighted by atomic mass is 14.2. The number of hydrogen-bond acceptors (Lipinski definition) is 1. The molecule has 0 radical (unpaired) electrons. The highest BCUT2D eigenvalue weighted by Gasteiger charge is 2.07. The molecule has 0 N–H and O–H groups in total. The zero-order valence-electron chi connectivity index (χ0n) is 11.8. The summed E-state index contributed by atoms with van der Waals surface area (Å²) in [6.07, 6.45) is 1.07. The van der Waals surface area contributed by atoms with Crippen molar-refractivity contribution in [2.75, 3.05) is 0 Å². The molecule has 1 nitrogen and oxygen atoms in total. The van der Waals surface area contributed by atoms with Crippen molar-refractivity contribution < 1.29 is 0 Å². The first-order valence-electron chi connectivity index (χ1n) is 6.79. The predicted molar refractivity (Wildman–Crippen MR) is 80.1 cm³/mol. The molecule has 2 aromatic carbocycles. The molecule has 19 heavy (non-hydrogen) atoms. The van der Waals surface area contributed by atoms with Gasteiger partial charge in [-0.3, -0.25) is 0 Å². The fraction of sp³-hybridized carbons (Fsp3) is 0.278. The van der Waals surface area contributed by atoms with Gasteiger partial charge in [-0.15, -0.1) is 0 Å². The van der Waals surface area contributed by atoms with Crippen molar-refractivity contribution in [1.82, 2.24) is 0 Å². The van der Waals surface area contributed by atoms with E-state index in [-0.39, 0.29) is 0 Å². The Bertz CT molecular complexity index is 601. The molecule has 0 saturated carbocycles. The van der Waals surface area contributed by atoms with Gasteiger partial charge in [0.05, 0.1) is 11.6 Å². The van der Waals surface area contributed by atoms with Gasteiger partial charge in [-0.25, -0.2) is 0 Å². The Kier molecular flexibility index (Phi) is 4.02. The number of benzene rings is 2. The van der Waals surface area contributed by atoms with E-state index >= 15 is 0 Å². The van der Waals surface area contributed by atoms with Crippen LogP contribution in [0.15, 0.2) is 42.5 Å². The predicted octanol–water partition coefficient (Wildman–Crippen LogP) is 4.91. The molecule has 0 aromatic heterocycles. The molecule has 0 bridgehead atoms. The van der Waals surface area contributed by atoms with E-state index in [1.807, 2.05) is 24.3 Å². The lowest BCUT2D eigenvalue weighted by Crippen LogP contribution is -1.95. The van der Waals surface area contributed by atoms with E-state index in [1.54, 1.807) is 0 Å². The summed E-state index contributed by atoms with van der Waals surface area (Å²) in [5.41, 5.74) is 5.95. The summed E-state index contributed by atoms with van der Waals surface area (Å²) < 4.78 is 0. The molecule has 0 unspecified atom stereocenters. The van der Waals surface area contributed by atoms with Crippen LogP contribution >= 0.6 is 0 Å². The van der Waals surface area contributed by atoms with E-state index in [1.165, 1.54) is 22.3 Å². The third kappa shape index (κ3) is 2.85.